The molecule has 0 bridgehead atoms. The van der Waals surface area contributed by atoms with Crippen molar-refractivity contribution in [2.24, 2.45) is 10.4 Å². The number of carbonyl (C=O) groups is 1. The maximum Gasteiger partial charge on any atom is 0.225 e. The van der Waals surface area contributed by atoms with Gasteiger partial charge in [0.05, 0.1) is 12.8 Å². The van der Waals surface area contributed by atoms with E-state index < -0.39 is 0 Å². The molecule has 7 nitrogen and oxygen atoms in total. The summed E-state index contributed by atoms with van der Waals surface area (Å²) >= 11 is 0. The SMILES string of the molecule is CN=C(NCCNC(=O)C(C)(C)C)NC1CCN(c2ccccc2OC)C1.I. The van der Waals surface area contributed by atoms with Crippen molar-refractivity contribution >= 4 is 41.5 Å². The summed E-state index contributed by atoms with van der Waals surface area (Å²) in [5.41, 5.74) is 0.753. The zero-order valence-corrected chi connectivity index (χ0v) is 19.9. The number of anilines is 1. The highest BCUT2D eigenvalue weighted by Gasteiger charge is 2.25. The monoisotopic (exact) mass is 503 g/mol. The molecule has 1 saturated heterocycles. The van der Waals surface area contributed by atoms with Crippen molar-refractivity contribution in [3.8, 4) is 5.75 Å². The summed E-state index contributed by atoms with van der Waals surface area (Å²) in [6.45, 7) is 8.77. The fourth-order valence-corrected chi connectivity index (χ4v) is 3.00. The van der Waals surface area contributed by atoms with Gasteiger partial charge in [0.2, 0.25) is 5.91 Å². The van der Waals surface area contributed by atoms with Gasteiger partial charge in [0.25, 0.3) is 0 Å². The number of ether oxygens (including phenoxy) is 1. The van der Waals surface area contributed by atoms with Crippen LogP contribution in [0.15, 0.2) is 29.3 Å². The van der Waals surface area contributed by atoms with Gasteiger partial charge in [0.15, 0.2) is 5.96 Å². The van der Waals surface area contributed by atoms with Crippen LogP contribution in [0.4, 0.5) is 5.69 Å². The van der Waals surface area contributed by atoms with Gasteiger partial charge in [-0.05, 0) is 18.6 Å². The minimum absolute atomic E-state index is 0. The number of carbonyl (C=O) groups excluding carboxylic acids is 1. The van der Waals surface area contributed by atoms with Crippen LogP contribution in [-0.4, -0.2) is 58.2 Å². The quantitative estimate of drug-likeness (QED) is 0.240. The largest absolute Gasteiger partial charge is 0.495 e. The van der Waals surface area contributed by atoms with Crippen molar-refractivity contribution in [2.75, 3.05) is 45.2 Å². The zero-order valence-electron chi connectivity index (χ0n) is 17.5. The van der Waals surface area contributed by atoms with Crippen molar-refractivity contribution in [1.29, 1.82) is 0 Å². The molecule has 0 radical (unpaired) electrons. The predicted octanol–water partition coefficient (Wildman–Crippen LogP) is 2.22. The number of amides is 1. The number of nitrogens with zero attached hydrogens (tertiary/aromatic N) is 2. The van der Waals surface area contributed by atoms with Crippen LogP contribution >= 0.6 is 24.0 Å². The zero-order chi connectivity index (χ0) is 19.9. The Morgan fingerprint density at radius 3 is 2.57 bits per heavy atom. The molecule has 1 unspecified atom stereocenters. The number of benzene rings is 1. The molecule has 2 rings (SSSR count). The van der Waals surface area contributed by atoms with Gasteiger partial charge in [0, 0.05) is 44.7 Å². The van der Waals surface area contributed by atoms with Crippen molar-refractivity contribution in [3.05, 3.63) is 24.3 Å². The Morgan fingerprint density at radius 2 is 1.93 bits per heavy atom. The molecule has 1 aliphatic heterocycles. The van der Waals surface area contributed by atoms with E-state index in [1.165, 1.54) is 0 Å². The number of guanidine groups is 1. The standard InChI is InChI=1S/C20H33N5O2.HI/c1-20(2,3)18(26)22-11-12-23-19(21-4)24-15-10-13-25(14-15)16-8-6-7-9-17(16)27-5;/h6-9,15H,10-14H2,1-5H3,(H,22,26)(H2,21,23,24);1H. The van der Waals surface area contributed by atoms with Crippen molar-refractivity contribution in [3.63, 3.8) is 0 Å². The Hall–Kier alpha value is -1.71. The number of methoxy groups -OCH3 is 1. The van der Waals surface area contributed by atoms with Gasteiger partial charge in [-0.2, -0.15) is 0 Å². The van der Waals surface area contributed by atoms with Gasteiger partial charge >= 0.3 is 0 Å². The third-order valence-corrected chi connectivity index (χ3v) is 4.56. The smallest absolute Gasteiger partial charge is 0.225 e. The lowest BCUT2D eigenvalue weighted by molar-refractivity contribution is -0.128. The fourth-order valence-electron chi connectivity index (χ4n) is 3.00. The molecule has 1 atom stereocenters. The summed E-state index contributed by atoms with van der Waals surface area (Å²) < 4.78 is 5.47. The molecule has 8 heteroatoms. The Bertz CT molecular complexity index is 660. The van der Waals surface area contributed by atoms with Gasteiger partial charge in [-0.25, -0.2) is 0 Å². The van der Waals surface area contributed by atoms with Gasteiger partial charge in [-0.15, -0.1) is 24.0 Å². The van der Waals surface area contributed by atoms with Crippen LogP contribution < -0.4 is 25.6 Å². The summed E-state index contributed by atoms with van der Waals surface area (Å²) in [6.07, 6.45) is 1.03. The van der Waals surface area contributed by atoms with E-state index in [9.17, 15) is 4.79 Å². The fraction of sp³-hybridized carbons (Fsp3) is 0.600. The van der Waals surface area contributed by atoms with E-state index in [0.717, 1.165) is 36.9 Å². The van der Waals surface area contributed by atoms with Crippen molar-refractivity contribution < 1.29 is 9.53 Å². The molecule has 1 aliphatic rings. The van der Waals surface area contributed by atoms with Crippen LogP contribution in [0.5, 0.6) is 5.75 Å². The van der Waals surface area contributed by atoms with Gasteiger partial charge < -0.3 is 25.6 Å². The van der Waals surface area contributed by atoms with Crippen LogP contribution in [0.3, 0.4) is 0 Å². The number of aliphatic imine (C=N–C) groups is 1. The van der Waals surface area contributed by atoms with Crippen LogP contribution in [0.1, 0.15) is 27.2 Å². The van der Waals surface area contributed by atoms with Crippen LogP contribution in [0, 0.1) is 5.41 Å². The predicted molar refractivity (Wildman–Crippen MR) is 126 cm³/mol. The van der Waals surface area contributed by atoms with Crippen LogP contribution in [-0.2, 0) is 4.79 Å². The molecular weight excluding hydrogens is 469 g/mol. The number of nitrogens with one attached hydrogen (secondary N) is 3. The number of halogens is 1. The van der Waals surface area contributed by atoms with Crippen LogP contribution in [0.25, 0.3) is 0 Å². The molecule has 3 N–H and O–H groups in total. The molecule has 0 spiro atoms. The number of hydrogen-bond acceptors (Lipinski definition) is 4. The summed E-state index contributed by atoms with van der Waals surface area (Å²) in [7, 11) is 3.46. The van der Waals surface area contributed by atoms with E-state index in [0.29, 0.717) is 19.1 Å². The molecule has 158 valence electrons. The Kier molecular flexibility index (Phi) is 9.84. The molecule has 0 aromatic heterocycles. The molecular formula is C20H34IN5O2. The van der Waals surface area contributed by atoms with E-state index in [2.05, 4.69) is 31.9 Å². The lowest BCUT2D eigenvalue weighted by Crippen LogP contribution is -2.47. The van der Waals surface area contributed by atoms with Gasteiger partial charge in [-0.1, -0.05) is 32.9 Å². The molecule has 1 heterocycles. The van der Waals surface area contributed by atoms with E-state index in [-0.39, 0.29) is 35.3 Å². The summed E-state index contributed by atoms with van der Waals surface area (Å²) in [6, 6.07) is 8.41. The third kappa shape index (κ3) is 7.03. The molecule has 28 heavy (non-hydrogen) atoms. The Morgan fingerprint density at radius 1 is 1.25 bits per heavy atom. The lowest BCUT2D eigenvalue weighted by Gasteiger charge is -2.22. The number of hydrogen-bond donors (Lipinski definition) is 3. The molecule has 1 aromatic carbocycles. The summed E-state index contributed by atoms with van der Waals surface area (Å²) in [5.74, 6) is 1.71. The minimum atomic E-state index is -0.369. The van der Waals surface area contributed by atoms with E-state index in [4.69, 9.17) is 4.74 Å². The van der Waals surface area contributed by atoms with E-state index in [1.54, 1.807) is 14.2 Å². The van der Waals surface area contributed by atoms with Gasteiger partial charge in [0.1, 0.15) is 5.75 Å². The highest BCUT2D eigenvalue weighted by molar-refractivity contribution is 14.0. The lowest BCUT2D eigenvalue weighted by atomic mass is 9.96. The molecule has 1 fully saturated rings. The highest BCUT2D eigenvalue weighted by atomic mass is 127. The number of para-hydroxylation sites is 2. The maximum atomic E-state index is 11.9. The first-order chi connectivity index (χ1) is 12.8. The molecule has 1 aromatic rings. The van der Waals surface area contributed by atoms with E-state index in [1.807, 2.05) is 39.0 Å². The molecule has 1 amide bonds. The van der Waals surface area contributed by atoms with Crippen molar-refractivity contribution in [1.82, 2.24) is 16.0 Å². The first-order valence-electron chi connectivity index (χ1n) is 9.48. The second-order valence-corrected chi connectivity index (χ2v) is 7.75. The average Bonchev–Trinajstić information content (AvgIpc) is 3.11. The van der Waals surface area contributed by atoms with Crippen LogP contribution in [0.2, 0.25) is 0 Å². The second kappa shape index (κ2) is 11.3. The average molecular weight is 503 g/mol. The molecule has 0 saturated carbocycles. The topological polar surface area (TPSA) is 78.0 Å². The third-order valence-electron chi connectivity index (χ3n) is 4.56. The second-order valence-electron chi connectivity index (χ2n) is 7.75. The molecule has 0 aliphatic carbocycles. The van der Waals surface area contributed by atoms with Gasteiger partial charge in [-0.3, -0.25) is 9.79 Å². The normalized spacial score (nSPS) is 17.0. The first kappa shape index (κ1) is 24.3. The highest BCUT2D eigenvalue weighted by Crippen LogP contribution is 2.30. The maximum absolute atomic E-state index is 11.9. The Labute approximate surface area is 185 Å². The Balaban J connectivity index is 0.00000392. The summed E-state index contributed by atoms with van der Waals surface area (Å²) in [4.78, 5) is 18.5. The summed E-state index contributed by atoms with van der Waals surface area (Å²) in [5, 5.41) is 9.66. The number of rotatable bonds is 6. The first-order valence-corrected chi connectivity index (χ1v) is 9.48. The minimum Gasteiger partial charge on any atom is -0.495 e. The van der Waals surface area contributed by atoms with E-state index >= 15 is 0 Å². The van der Waals surface area contributed by atoms with Crippen molar-refractivity contribution in [2.45, 2.75) is 33.2 Å².